The Morgan fingerprint density at radius 2 is 1.77 bits per heavy atom. The van der Waals surface area contributed by atoms with Crippen molar-refractivity contribution >= 4 is 17.9 Å². The van der Waals surface area contributed by atoms with Gasteiger partial charge in [0.2, 0.25) is 0 Å². The smallest absolute Gasteiger partial charge is 0.545 e. The molecule has 8 heteroatoms. The van der Waals surface area contributed by atoms with Gasteiger partial charge < -0.3 is 24.1 Å². The van der Waals surface area contributed by atoms with E-state index in [0.717, 1.165) is 24.8 Å². The van der Waals surface area contributed by atoms with Gasteiger partial charge in [0.15, 0.2) is 0 Å². The fourth-order valence-corrected chi connectivity index (χ4v) is 5.80. The maximum absolute atomic E-state index is 11.9. The molecule has 35 heavy (non-hydrogen) atoms. The molecule has 5 atom stereocenters. The number of hydrogen-bond acceptors (Lipinski definition) is 7. The second-order valence-electron chi connectivity index (χ2n) is 9.97. The van der Waals surface area contributed by atoms with Crippen LogP contribution in [0, 0.1) is 22.7 Å². The van der Waals surface area contributed by atoms with Crippen LogP contribution in [-0.2, 0) is 28.6 Å². The van der Waals surface area contributed by atoms with Crippen LogP contribution in [0.5, 0.6) is 0 Å². The number of esters is 2. The van der Waals surface area contributed by atoms with Gasteiger partial charge in [-0.2, -0.15) is 0 Å². The van der Waals surface area contributed by atoms with E-state index >= 15 is 0 Å². The van der Waals surface area contributed by atoms with Gasteiger partial charge in [0.1, 0.15) is 12.7 Å². The molecule has 188 valence electrons. The number of hydrogen-bond donors (Lipinski definition) is 0. The van der Waals surface area contributed by atoms with E-state index in [1.807, 2.05) is 6.08 Å². The summed E-state index contributed by atoms with van der Waals surface area (Å²) in [5.74, 6) is -1.51. The largest absolute Gasteiger partial charge is 1.00 e. The quantitative estimate of drug-likeness (QED) is 0.112. The fraction of sp³-hybridized carbons (Fsp3) is 0.593. The van der Waals surface area contributed by atoms with E-state index in [9.17, 15) is 19.5 Å². The summed E-state index contributed by atoms with van der Waals surface area (Å²) in [7, 11) is 0. The van der Waals surface area contributed by atoms with Crippen molar-refractivity contribution in [3.8, 4) is 0 Å². The standard InChI is InChI=1S/C27H38O7.K/c1-17(2)33-16-27(7)23-11-8-18(3)22(26(23,6)14-12-24(27)34-20(5)29)10-9-21(25(30)31)13-15-32-19(4)28;/h9-10,13,22-24H,1,3,8,11-12,14-16H2,2,4-7H3,(H,30,31);/q;+1/p-1/b10-9+,21-13+;/t22-,23?,24-,26+,27+;/m1./s1. The Hall–Kier alpha value is -1.19. The first-order valence-electron chi connectivity index (χ1n) is 11.7. The van der Waals surface area contributed by atoms with E-state index in [-0.39, 0.29) is 92.9 Å². The number of carbonyl (C=O) groups excluding carboxylic acids is 3. The molecule has 2 aliphatic rings. The van der Waals surface area contributed by atoms with Gasteiger partial charge in [0.05, 0.1) is 18.3 Å². The van der Waals surface area contributed by atoms with Gasteiger partial charge in [-0.15, -0.1) is 0 Å². The fourth-order valence-electron chi connectivity index (χ4n) is 5.80. The molecular weight excluding hydrogens is 475 g/mol. The Labute approximate surface area is 251 Å². The molecule has 0 aliphatic heterocycles. The zero-order chi connectivity index (χ0) is 25.7. The van der Waals surface area contributed by atoms with Crippen molar-refractivity contribution in [2.24, 2.45) is 22.7 Å². The molecule has 0 saturated heterocycles. The van der Waals surface area contributed by atoms with E-state index in [4.69, 9.17) is 14.2 Å². The van der Waals surface area contributed by atoms with Crippen molar-refractivity contribution in [3.05, 3.63) is 48.3 Å². The minimum absolute atomic E-state index is 0. The molecule has 2 rings (SSSR count). The summed E-state index contributed by atoms with van der Waals surface area (Å²) in [6, 6.07) is 0. The van der Waals surface area contributed by atoms with Crippen LogP contribution in [0.15, 0.2) is 48.3 Å². The summed E-state index contributed by atoms with van der Waals surface area (Å²) in [5, 5.41) is 11.6. The molecule has 2 fully saturated rings. The third kappa shape index (κ3) is 7.89. The predicted molar refractivity (Wildman–Crippen MR) is 126 cm³/mol. The number of allylic oxidation sites excluding steroid dienone is 3. The SMILES string of the molecule is C=C(C)OC[C@@]1(C)C2CCC(=C)[C@@H](/C=C/C(=C\COC(C)=O)C(=O)[O-])[C@]2(C)CC[C@H]1OC(C)=O.[K+]. The van der Waals surface area contributed by atoms with E-state index in [0.29, 0.717) is 18.8 Å². The van der Waals surface area contributed by atoms with Crippen molar-refractivity contribution in [3.63, 3.8) is 0 Å². The van der Waals surface area contributed by atoms with E-state index in [2.05, 4.69) is 27.0 Å². The molecule has 0 N–H and O–H groups in total. The summed E-state index contributed by atoms with van der Waals surface area (Å²) in [6.45, 7) is 17.2. The Morgan fingerprint density at radius 1 is 1.11 bits per heavy atom. The maximum Gasteiger partial charge on any atom is 1.00 e. The second kappa shape index (κ2) is 13.4. The van der Waals surface area contributed by atoms with Crippen molar-refractivity contribution in [2.75, 3.05) is 13.2 Å². The molecule has 0 radical (unpaired) electrons. The number of carboxylic acids is 1. The maximum atomic E-state index is 11.9. The minimum Gasteiger partial charge on any atom is -0.545 e. The average Bonchev–Trinajstić information content (AvgIpc) is 2.72. The number of carboxylic acid groups (broad SMARTS) is 1. The van der Waals surface area contributed by atoms with Crippen molar-refractivity contribution in [2.45, 2.75) is 66.4 Å². The van der Waals surface area contributed by atoms with Crippen molar-refractivity contribution in [1.29, 1.82) is 0 Å². The Kier molecular flexibility index (Phi) is 12.2. The van der Waals surface area contributed by atoms with Crippen LogP contribution >= 0.6 is 0 Å². The van der Waals surface area contributed by atoms with Gasteiger partial charge in [-0.3, -0.25) is 9.59 Å². The summed E-state index contributed by atoms with van der Waals surface area (Å²) in [5.41, 5.74) is 0.276. The Balaban J connectivity index is 0.00000612. The number of rotatable bonds is 9. The molecule has 0 aromatic carbocycles. The molecule has 7 nitrogen and oxygen atoms in total. The van der Waals surface area contributed by atoms with Crippen molar-refractivity contribution < 1.29 is 85.1 Å². The summed E-state index contributed by atoms with van der Waals surface area (Å²) in [4.78, 5) is 34.5. The van der Waals surface area contributed by atoms with Crippen LogP contribution in [0.1, 0.15) is 60.3 Å². The molecule has 2 aliphatic carbocycles. The van der Waals surface area contributed by atoms with Gasteiger partial charge in [0, 0.05) is 25.2 Å². The molecule has 0 spiro atoms. The van der Waals surface area contributed by atoms with Crippen LogP contribution in [-0.4, -0.2) is 37.2 Å². The minimum atomic E-state index is -1.34. The van der Waals surface area contributed by atoms with Gasteiger partial charge in [-0.25, -0.2) is 0 Å². The summed E-state index contributed by atoms with van der Waals surface area (Å²) >= 11 is 0. The average molecular weight is 513 g/mol. The zero-order valence-electron chi connectivity index (χ0n) is 22.0. The molecule has 2 saturated carbocycles. The van der Waals surface area contributed by atoms with E-state index in [1.165, 1.54) is 26.0 Å². The molecule has 0 amide bonds. The number of aliphatic carboxylic acids is 1. The predicted octanol–water partition coefficient (Wildman–Crippen LogP) is 0.657. The van der Waals surface area contributed by atoms with Crippen LogP contribution in [0.25, 0.3) is 0 Å². The second-order valence-corrected chi connectivity index (χ2v) is 9.97. The number of ether oxygens (including phenoxy) is 3. The number of fused-ring (bicyclic) bond motifs is 1. The molecule has 0 bridgehead atoms. The van der Waals surface area contributed by atoms with Crippen molar-refractivity contribution in [1.82, 2.24) is 0 Å². The summed E-state index contributed by atoms with van der Waals surface area (Å²) in [6.07, 6.45) is 7.49. The third-order valence-electron chi connectivity index (χ3n) is 7.41. The monoisotopic (exact) mass is 512 g/mol. The first-order chi connectivity index (χ1) is 15.8. The number of carbonyl (C=O) groups is 3. The molecule has 0 aromatic heterocycles. The van der Waals surface area contributed by atoms with Crippen LogP contribution in [0.3, 0.4) is 0 Å². The zero-order valence-corrected chi connectivity index (χ0v) is 25.1. The van der Waals surface area contributed by atoms with Gasteiger partial charge in [-0.1, -0.05) is 44.7 Å². The third-order valence-corrected chi connectivity index (χ3v) is 7.41. The van der Waals surface area contributed by atoms with Crippen LogP contribution in [0.4, 0.5) is 0 Å². The summed E-state index contributed by atoms with van der Waals surface area (Å²) < 4.78 is 16.5. The van der Waals surface area contributed by atoms with Gasteiger partial charge in [-0.05, 0) is 55.6 Å². The van der Waals surface area contributed by atoms with Crippen LogP contribution < -0.4 is 56.5 Å². The molecule has 0 aromatic rings. The topological polar surface area (TPSA) is 102 Å². The van der Waals surface area contributed by atoms with Gasteiger partial charge >= 0.3 is 63.3 Å². The normalized spacial score (nSPS) is 30.6. The van der Waals surface area contributed by atoms with E-state index < -0.39 is 17.4 Å². The molecule has 0 heterocycles. The first-order valence-corrected chi connectivity index (χ1v) is 11.7. The first kappa shape index (κ1) is 31.8. The van der Waals surface area contributed by atoms with Gasteiger partial charge in [0.25, 0.3) is 0 Å². The van der Waals surface area contributed by atoms with Crippen LogP contribution in [0.2, 0.25) is 0 Å². The Bertz CT molecular complexity index is 905. The molecular formula is C27H37KO7. The van der Waals surface area contributed by atoms with E-state index in [1.54, 1.807) is 6.92 Å². The molecule has 1 unspecified atom stereocenters. The Morgan fingerprint density at radius 3 is 2.31 bits per heavy atom.